The third kappa shape index (κ3) is 2.77. The molecule has 0 aliphatic carbocycles. The van der Waals surface area contributed by atoms with Gasteiger partial charge in [-0.15, -0.1) is 0 Å². The van der Waals surface area contributed by atoms with Gasteiger partial charge >= 0.3 is 0 Å². The number of aromatic nitrogens is 3. The van der Waals surface area contributed by atoms with Gasteiger partial charge in [-0.25, -0.2) is 4.98 Å². The molecule has 0 aliphatic rings. The summed E-state index contributed by atoms with van der Waals surface area (Å²) in [5, 5.41) is 8.05. The lowest BCUT2D eigenvalue weighted by atomic mass is 10.2. The first-order valence-corrected chi connectivity index (χ1v) is 5.98. The maximum Gasteiger partial charge on any atom is 0.152 e. The summed E-state index contributed by atoms with van der Waals surface area (Å²) in [5.41, 5.74) is 1.97. The fourth-order valence-corrected chi connectivity index (χ4v) is 1.76. The lowest BCUT2D eigenvalue weighted by Gasteiger charge is -2.14. The molecule has 0 aliphatic heterocycles. The van der Waals surface area contributed by atoms with E-state index in [-0.39, 0.29) is 6.04 Å². The number of hydrogen-bond donors (Lipinski definition) is 1. The van der Waals surface area contributed by atoms with Gasteiger partial charge in [0.1, 0.15) is 0 Å². The molecular formula is C12H15ClN4. The first-order chi connectivity index (χ1) is 8.20. The zero-order chi connectivity index (χ0) is 12.3. The Kier molecular flexibility index (Phi) is 3.64. The van der Waals surface area contributed by atoms with Crippen LogP contribution in [0.3, 0.4) is 0 Å². The monoisotopic (exact) mass is 250 g/mol. The van der Waals surface area contributed by atoms with Crippen molar-refractivity contribution in [3.8, 4) is 0 Å². The number of nitrogens with one attached hydrogen (secondary N) is 1. The SMILES string of the molecule is CCn1cc(C(C)Nc2cccnc2Cl)cn1. The van der Waals surface area contributed by atoms with E-state index >= 15 is 0 Å². The largest absolute Gasteiger partial charge is 0.376 e. The average Bonchev–Trinajstić information content (AvgIpc) is 2.81. The minimum Gasteiger partial charge on any atom is -0.376 e. The highest BCUT2D eigenvalue weighted by Crippen LogP contribution is 2.23. The van der Waals surface area contributed by atoms with Crippen molar-refractivity contribution in [3.63, 3.8) is 0 Å². The Hall–Kier alpha value is -1.55. The molecule has 0 amide bonds. The van der Waals surface area contributed by atoms with Crippen LogP contribution in [-0.2, 0) is 6.54 Å². The molecule has 1 unspecified atom stereocenters. The number of pyridine rings is 1. The van der Waals surface area contributed by atoms with E-state index in [2.05, 4.69) is 29.2 Å². The third-order valence-corrected chi connectivity index (χ3v) is 2.91. The predicted octanol–water partition coefficient (Wildman–Crippen LogP) is 3.12. The molecule has 0 fully saturated rings. The summed E-state index contributed by atoms with van der Waals surface area (Å²) in [6.07, 6.45) is 5.57. The summed E-state index contributed by atoms with van der Waals surface area (Å²) in [6.45, 7) is 5.01. The lowest BCUT2D eigenvalue weighted by Crippen LogP contribution is -2.06. The Balaban J connectivity index is 2.11. The van der Waals surface area contributed by atoms with Crippen LogP contribution >= 0.6 is 11.6 Å². The fraction of sp³-hybridized carbons (Fsp3) is 0.333. The van der Waals surface area contributed by atoms with E-state index in [9.17, 15) is 0 Å². The van der Waals surface area contributed by atoms with Crippen molar-refractivity contribution in [3.05, 3.63) is 41.4 Å². The predicted molar refractivity (Wildman–Crippen MR) is 69.2 cm³/mol. The summed E-state index contributed by atoms with van der Waals surface area (Å²) in [5.74, 6) is 0. The van der Waals surface area contributed by atoms with Crippen molar-refractivity contribution >= 4 is 17.3 Å². The Morgan fingerprint density at radius 1 is 1.53 bits per heavy atom. The van der Waals surface area contributed by atoms with Gasteiger partial charge in [0.15, 0.2) is 5.15 Å². The third-order valence-electron chi connectivity index (χ3n) is 2.61. The zero-order valence-corrected chi connectivity index (χ0v) is 10.6. The smallest absolute Gasteiger partial charge is 0.152 e. The van der Waals surface area contributed by atoms with Crippen LogP contribution in [0.4, 0.5) is 5.69 Å². The number of aryl methyl sites for hydroxylation is 1. The van der Waals surface area contributed by atoms with Gasteiger partial charge in [-0.3, -0.25) is 4.68 Å². The van der Waals surface area contributed by atoms with Crippen LogP contribution in [0.1, 0.15) is 25.5 Å². The molecule has 4 nitrogen and oxygen atoms in total. The molecule has 17 heavy (non-hydrogen) atoms. The van der Waals surface area contributed by atoms with Crippen LogP contribution in [0.2, 0.25) is 5.15 Å². The van der Waals surface area contributed by atoms with E-state index in [0.717, 1.165) is 17.8 Å². The first-order valence-electron chi connectivity index (χ1n) is 5.60. The molecule has 2 rings (SSSR count). The van der Waals surface area contributed by atoms with Gasteiger partial charge in [0, 0.05) is 24.5 Å². The Labute approximate surface area is 106 Å². The average molecular weight is 251 g/mol. The second kappa shape index (κ2) is 5.19. The number of rotatable bonds is 4. The Morgan fingerprint density at radius 2 is 2.35 bits per heavy atom. The highest BCUT2D eigenvalue weighted by molar-refractivity contribution is 6.31. The maximum atomic E-state index is 5.99. The fourth-order valence-electron chi connectivity index (χ4n) is 1.59. The van der Waals surface area contributed by atoms with Gasteiger partial charge in [-0.1, -0.05) is 11.6 Å². The van der Waals surface area contributed by atoms with E-state index < -0.39 is 0 Å². The molecule has 0 saturated carbocycles. The second-order valence-electron chi connectivity index (χ2n) is 3.84. The normalized spacial score (nSPS) is 12.4. The van der Waals surface area contributed by atoms with E-state index in [1.54, 1.807) is 6.20 Å². The van der Waals surface area contributed by atoms with Crippen LogP contribution in [0.15, 0.2) is 30.7 Å². The standard InChI is InChI=1S/C12H15ClN4/c1-3-17-8-10(7-15-17)9(2)16-11-5-4-6-14-12(11)13/h4-9,16H,3H2,1-2H3. The minimum atomic E-state index is 0.150. The van der Waals surface area contributed by atoms with E-state index in [4.69, 9.17) is 11.6 Å². The van der Waals surface area contributed by atoms with Gasteiger partial charge in [0.2, 0.25) is 0 Å². The number of anilines is 1. The molecule has 0 saturated heterocycles. The van der Waals surface area contributed by atoms with Crippen LogP contribution in [-0.4, -0.2) is 14.8 Å². The van der Waals surface area contributed by atoms with E-state index in [1.165, 1.54) is 0 Å². The quantitative estimate of drug-likeness (QED) is 0.848. The highest BCUT2D eigenvalue weighted by Gasteiger charge is 2.09. The van der Waals surface area contributed by atoms with Crippen LogP contribution in [0.5, 0.6) is 0 Å². The summed E-state index contributed by atoms with van der Waals surface area (Å²) >= 11 is 5.99. The Bertz CT molecular complexity index is 495. The second-order valence-corrected chi connectivity index (χ2v) is 4.20. The molecule has 0 radical (unpaired) electrons. The van der Waals surface area contributed by atoms with Crippen molar-refractivity contribution in [2.24, 2.45) is 0 Å². The molecule has 2 aromatic rings. The molecule has 90 valence electrons. The maximum absolute atomic E-state index is 5.99. The summed E-state index contributed by atoms with van der Waals surface area (Å²) in [6, 6.07) is 3.92. The van der Waals surface area contributed by atoms with E-state index in [0.29, 0.717) is 5.15 Å². The summed E-state index contributed by atoms with van der Waals surface area (Å²) in [7, 11) is 0. The molecule has 0 aromatic carbocycles. The van der Waals surface area contributed by atoms with Crippen LogP contribution < -0.4 is 5.32 Å². The summed E-state index contributed by atoms with van der Waals surface area (Å²) in [4.78, 5) is 4.03. The first kappa shape index (κ1) is 11.9. The number of hydrogen-bond acceptors (Lipinski definition) is 3. The highest BCUT2D eigenvalue weighted by atomic mass is 35.5. The van der Waals surface area contributed by atoms with Gasteiger partial charge in [0.05, 0.1) is 17.9 Å². The van der Waals surface area contributed by atoms with E-state index in [1.807, 2.05) is 29.2 Å². The molecule has 2 aromatic heterocycles. The molecule has 0 bridgehead atoms. The molecule has 5 heteroatoms. The molecule has 2 heterocycles. The molecule has 1 atom stereocenters. The number of halogens is 1. The zero-order valence-electron chi connectivity index (χ0n) is 9.89. The number of nitrogens with zero attached hydrogens (tertiary/aromatic N) is 3. The molecular weight excluding hydrogens is 236 g/mol. The summed E-state index contributed by atoms with van der Waals surface area (Å²) < 4.78 is 1.90. The van der Waals surface area contributed by atoms with Crippen LogP contribution in [0, 0.1) is 0 Å². The van der Waals surface area contributed by atoms with Crippen LogP contribution in [0.25, 0.3) is 0 Å². The van der Waals surface area contributed by atoms with Crippen molar-refractivity contribution < 1.29 is 0 Å². The van der Waals surface area contributed by atoms with Gasteiger partial charge in [-0.05, 0) is 26.0 Å². The van der Waals surface area contributed by atoms with Gasteiger partial charge in [0.25, 0.3) is 0 Å². The Morgan fingerprint density at radius 3 is 3.00 bits per heavy atom. The van der Waals surface area contributed by atoms with Crippen molar-refractivity contribution in [2.75, 3.05) is 5.32 Å². The van der Waals surface area contributed by atoms with Crippen molar-refractivity contribution in [2.45, 2.75) is 26.4 Å². The van der Waals surface area contributed by atoms with Crippen molar-refractivity contribution in [1.29, 1.82) is 0 Å². The van der Waals surface area contributed by atoms with Crippen molar-refractivity contribution in [1.82, 2.24) is 14.8 Å². The van der Waals surface area contributed by atoms with Gasteiger partial charge < -0.3 is 5.32 Å². The lowest BCUT2D eigenvalue weighted by molar-refractivity contribution is 0.658. The minimum absolute atomic E-state index is 0.150. The van der Waals surface area contributed by atoms with Gasteiger partial charge in [-0.2, -0.15) is 5.10 Å². The molecule has 1 N–H and O–H groups in total. The topological polar surface area (TPSA) is 42.7 Å². The molecule has 0 spiro atoms.